The maximum atomic E-state index is 2.76. The van der Waals surface area contributed by atoms with Crippen LogP contribution in [0, 0.1) is 5.41 Å². The van der Waals surface area contributed by atoms with Crippen molar-refractivity contribution in [3.05, 3.63) is 48.0 Å². The fraction of sp³-hybridized carbons (Fsp3) is 0.643. The fourth-order valence-corrected chi connectivity index (χ4v) is 6.62. The molecule has 1 saturated carbocycles. The van der Waals surface area contributed by atoms with E-state index in [1.54, 1.807) is 5.56 Å². The zero-order valence-corrected chi connectivity index (χ0v) is 18.8. The minimum Gasteiger partial charge on any atom is -0.303 e. The van der Waals surface area contributed by atoms with E-state index in [9.17, 15) is 0 Å². The van der Waals surface area contributed by atoms with Gasteiger partial charge in [-0.2, -0.15) is 0 Å². The van der Waals surface area contributed by atoms with Crippen molar-refractivity contribution in [2.75, 3.05) is 39.3 Å². The van der Waals surface area contributed by atoms with Crippen molar-refractivity contribution >= 4 is 10.8 Å². The Hall–Kier alpha value is -1.38. The van der Waals surface area contributed by atoms with E-state index in [1.165, 1.54) is 114 Å². The van der Waals surface area contributed by atoms with Crippen LogP contribution in [0.25, 0.3) is 10.8 Å². The van der Waals surface area contributed by atoms with Crippen molar-refractivity contribution < 1.29 is 0 Å². The normalized spacial score (nSPS) is 23.5. The first kappa shape index (κ1) is 20.5. The number of hydrogen-bond donors (Lipinski definition) is 0. The Morgan fingerprint density at radius 2 is 1.33 bits per heavy atom. The molecule has 2 aromatic carbocycles. The molecule has 30 heavy (non-hydrogen) atoms. The molecular formula is C28H40N2. The fourth-order valence-electron chi connectivity index (χ4n) is 6.62. The van der Waals surface area contributed by atoms with E-state index in [-0.39, 0.29) is 0 Å². The van der Waals surface area contributed by atoms with Gasteiger partial charge in [0.2, 0.25) is 0 Å². The Bertz CT molecular complexity index is 799. The number of nitrogens with zero attached hydrogens (tertiary/aromatic N) is 2. The third-order valence-corrected chi connectivity index (χ3v) is 8.63. The number of likely N-dealkylation sites (tertiary alicyclic amines) is 2. The van der Waals surface area contributed by atoms with Crippen molar-refractivity contribution in [3.8, 4) is 0 Å². The van der Waals surface area contributed by atoms with Gasteiger partial charge in [-0.1, -0.05) is 55.3 Å². The maximum Gasteiger partial charge on any atom is -0.00129 e. The summed E-state index contributed by atoms with van der Waals surface area (Å²) in [6.45, 7) is 7.94. The molecule has 1 aliphatic carbocycles. The summed E-state index contributed by atoms with van der Waals surface area (Å²) in [6, 6.07) is 15.8. The lowest BCUT2D eigenvalue weighted by atomic mass is 9.77. The predicted octanol–water partition coefficient (Wildman–Crippen LogP) is 6.46. The minimum absolute atomic E-state index is 0.739. The van der Waals surface area contributed by atoms with E-state index in [0.717, 1.165) is 11.3 Å². The van der Waals surface area contributed by atoms with Crippen LogP contribution in [0.1, 0.15) is 75.7 Å². The zero-order chi connectivity index (χ0) is 20.2. The second-order valence-corrected chi connectivity index (χ2v) is 10.4. The molecule has 162 valence electrons. The maximum absolute atomic E-state index is 2.76. The molecule has 3 aliphatic rings. The molecule has 3 fully saturated rings. The third-order valence-electron chi connectivity index (χ3n) is 8.63. The molecule has 2 heterocycles. The first-order chi connectivity index (χ1) is 14.8. The zero-order valence-electron chi connectivity index (χ0n) is 18.8. The molecule has 2 heteroatoms. The van der Waals surface area contributed by atoms with Crippen LogP contribution in [-0.2, 0) is 0 Å². The van der Waals surface area contributed by atoms with Gasteiger partial charge in [0.1, 0.15) is 0 Å². The third kappa shape index (κ3) is 4.60. The lowest BCUT2D eigenvalue weighted by Crippen LogP contribution is -2.39. The van der Waals surface area contributed by atoms with E-state index < -0.39 is 0 Å². The van der Waals surface area contributed by atoms with Crippen LogP contribution >= 0.6 is 0 Å². The minimum atomic E-state index is 0.739. The standard InChI is InChI=1S/C28H40N2/c1-2-10-26-24(8-1)9-7-11-27(26)25-12-20-29(21-13-25)18-5-6-19-30-22-16-28(17-23-30)14-3-4-15-28/h1-2,7-11,25H,3-6,12-23H2. The lowest BCUT2D eigenvalue weighted by molar-refractivity contribution is 0.106. The van der Waals surface area contributed by atoms with Gasteiger partial charge in [-0.25, -0.2) is 0 Å². The summed E-state index contributed by atoms with van der Waals surface area (Å²) in [5.41, 5.74) is 2.35. The van der Waals surface area contributed by atoms with Crippen LogP contribution in [-0.4, -0.2) is 49.1 Å². The molecule has 0 aromatic heterocycles. The van der Waals surface area contributed by atoms with Crippen molar-refractivity contribution in [2.24, 2.45) is 5.41 Å². The summed E-state index contributed by atoms with van der Waals surface area (Å²) in [6.07, 6.45) is 14.4. The summed E-state index contributed by atoms with van der Waals surface area (Å²) < 4.78 is 0. The smallest absolute Gasteiger partial charge is 0.00129 e. The second kappa shape index (κ2) is 9.40. The van der Waals surface area contributed by atoms with Crippen LogP contribution in [0.5, 0.6) is 0 Å². The monoisotopic (exact) mass is 404 g/mol. The average molecular weight is 405 g/mol. The largest absolute Gasteiger partial charge is 0.303 e. The van der Waals surface area contributed by atoms with Gasteiger partial charge < -0.3 is 9.80 Å². The van der Waals surface area contributed by atoms with E-state index in [4.69, 9.17) is 0 Å². The number of piperidine rings is 2. The second-order valence-electron chi connectivity index (χ2n) is 10.4. The Morgan fingerprint density at radius 3 is 2.07 bits per heavy atom. The van der Waals surface area contributed by atoms with Crippen molar-refractivity contribution in [1.82, 2.24) is 9.80 Å². The summed E-state index contributed by atoms with van der Waals surface area (Å²) >= 11 is 0. The summed E-state index contributed by atoms with van der Waals surface area (Å²) in [4.78, 5) is 5.49. The van der Waals surface area contributed by atoms with Gasteiger partial charge in [0.15, 0.2) is 0 Å². The first-order valence-corrected chi connectivity index (χ1v) is 12.7. The van der Waals surface area contributed by atoms with Crippen molar-refractivity contribution in [3.63, 3.8) is 0 Å². The Kier molecular flexibility index (Phi) is 6.43. The topological polar surface area (TPSA) is 6.48 Å². The van der Waals surface area contributed by atoms with E-state index in [1.807, 2.05) is 0 Å². The summed E-state index contributed by atoms with van der Waals surface area (Å²) in [5.74, 6) is 0.739. The number of benzene rings is 2. The lowest BCUT2D eigenvalue weighted by Gasteiger charge is -2.39. The SMILES string of the molecule is c1ccc2c(C3CCN(CCCCN4CCC5(CCCC5)CC4)CC3)cccc2c1. The number of rotatable bonds is 6. The van der Waals surface area contributed by atoms with Crippen LogP contribution < -0.4 is 0 Å². The highest BCUT2D eigenvalue weighted by Crippen LogP contribution is 2.46. The average Bonchev–Trinajstić information content (AvgIpc) is 3.26. The van der Waals surface area contributed by atoms with Crippen molar-refractivity contribution in [1.29, 1.82) is 0 Å². The van der Waals surface area contributed by atoms with Crippen LogP contribution in [0.4, 0.5) is 0 Å². The molecule has 2 aliphatic heterocycles. The molecule has 0 bridgehead atoms. The van der Waals surface area contributed by atoms with Gasteiger partial charge in [-0.3, -0.25) is 0 Å². The highest BCUT2D eigenvalue weighted by molar-refractivity contribution is 5.86. The van der Waals surface area contributed by atoms with Gasteiger partial charge in [-0.15, -0.1) is 0 Å². The summed E-state index contributed by atoms with van der Waals surface area (Å²) in [7, 11) is 0. The van der Waals surface area contributed by atoms with Gasteiger partial charge in [0.05, 0.1) is 0 Å². The van der Waals surface area contributed by atoms with Gasteiger partial charge in [0, 0.05) is 0 Å². The van der Waals surface area contributed by atoms with E-state index >= 15 is 0 Å². The highest BCUT2D eigenvalue weighted by Gasteiger charge is 2.36. The highest BCUT2D eigenvalue weighted by atomic mass is 15.1. The molecule has 2 nitrogen and oxygen atoms in total. The molecule has 0 N–H and O–H groups in total. The van der Waals surface area contributed by atoms with Crippen LogP contribution in [0.3, 0.4) is 0 Å². The summed E-state index contributed by atoms with van der Waals surface area (Å²) in [5, 5.41) is 2.87. The van der Waals surface area contributed by atoms with Crippen molar-refractivity contribution in [2.45, 2.75) is 70.1 Å². The van der Waals surface area contributed by atoms with Gasteiger partial charge >= 0.3 is 0 Å². The first-order valence-electron chi connectivity index (χ1n) is 12.7. The number of hydrogen-bond acceptors (Lipinski definition) is 2. The molecule has 0 radical (unpaired) electrons. The number of fused-ring (bicyclic) bond motifs is 1. The quantitative estimate of drug-likeness (QED) is 0.510. The molecule has 0 atom stereocenters. The molecular weight excluding hydrogens is 364 g/mol. The predicted molar refractivity (Wildman–Crippen MR) is 128 cm³/mol. The van der Waals surface area contributed by atoms with E-state index in [2.05, 4.69) is 52.3 Å². The molecule has 0 unspecified atom stereocenters. The molecule has 2 saturated heterocycles. The Balaban J connectivity index is 1.02. The number of unbranched alkanes of at least 4 members (excludes halogenated alkanes) is 1. The van der Waals surface area contributed by atoms with E-state index in [0.29, 0.717) is 0 Å². The molecule has 1 spiro atoms. The van der Waals surface area contributed by atoms with Crippen LogP contribution in [0.15, 0.2) is 42.5 Å². The molecule has 0 amide bonds. The van der Waals surface area contributed by atoms with Gasteiger partial charge in [0.25, 0.3) is 0 Å². The Morgan fingerprint density at radius 1 is 0.700 bits per heavy atom. The van der Waals surface area contributed by atoms with Crippen LogP contribution in [0.2, 0.25) is 0 Å². The molecule has 5 rings (SSSR count). The molecule has 2 aromatic rings. The van der Waals surface area contributed by atoms with Gasteiger partial charge in [-0.05, 0) is 118 Å². The Labute approximate surface area is 183 Å².